The van der Waals surface area contributed by atoms with Gasteiger partial charge in [-0.1, -0.05) is 102 Å². The van der Waals surface area contributed by atoms with Crippen LogP contribution >= 0.6 is 0 Å². The zero-order chi connectivity index (χ0) is 33.5. The van der Waals surface area contributed by atoms with Crippen LogP contribution in [0.3, 0.4) is 0 Å². The molecule has 0 atom stereocenters. The molecule has 0 radical (unpaired) electrons. The molecule has 0 saturated carbocycles. The van der Waals surface area contributed by atoms with Gasteiger partial charge in [-0.25, -0.2) is 0 Å². The first-order chi connectivity index (χ1) is 23.0. The second-order valence-corrected chi connectivity index (χ2v) is 14.9. The third-order valence-corrected chi connectivity index (χ3v) is 9.90. The Kier molecular flexibility index (Phi) is 6.36. The number of rotatable bonds is 2. The second-order valence-electron chi connectivity index (χ2n) is 14.9. The molecule has 0 amide bonds. The summed E-state index contributed by atoms with van der Waals surface area (Å²) < 4.78 is 4.32. The van der Waals surface area contributed by atoms with Crippen molar-refractivity contribution in [3.05, 3.63) is 131 Å². The summed E-state index contributed by atoms with van der Waals surface area (Å²) in [4.78, 5) is 0. The lowest BCUT2D eigenvalue weighted by Gasteiger charge is -2.19. The molecule has 48 heavy (non-hydrogen) atoms. The Morgan fingerprint density at radius 2 is 0.917 bits per heavy atom. The summed E-state index contributed by atoms with van der Waals surface area (Å²) in [6.45, 7) is 13.4. The fraction of sp³-hybridized carbons (Fsp3) is 0.182. The van der Waals surface area contributed by atoms with E-state index in [4.69, 9.17) is 0 Å². The van der Waals surface area contributed by atoms with Gasteiger partial charge in [-0.3, -0.25) is 0 Å². The van der Waals surface area contributed by atoms with Crippen LogP contribution in [0.4, 0.5) is 0 Å². The monoisotopic (exact) mass is 620 g/mol. The maximum atomic E-state index is 10.8. The van der Waals surface area contributed by atoms with Crippen molar-refractivity contribution in [1.29, 1.82) is 10.5 Å². The molecule has 0 aliphatic carbocycles. The Bertz CT molecular complexity index is 2640. The molecular formula is C44H36N4. The van der Waals surface area contributed by atoms with Crippen LogP contribution in [0.15, 0.2) is 109 Å². The average Bonchev–Trinajstić information content (AvgIpc) is 3.59. The molecule has 2 heterocycles. The summed E-state index contributed by atoms with van der Waals surface area (Å²) in [5.74, 6) is 0. The molecule has 6 aromatic carbocycles. The molecule has 0 saturated heterocycles. The number of hydrogen-bond donors (Lipinski definition) is 0. The van der Waals surface area contributed by atoms with Gasteiger partial charge in [0, 0.05) is 21.5 Å². The summed E-state index contributed by atoms with van der Waals surface area (Å²) in [6, 6.07) is 43.2. The lowest BCUT2D eigenvalue weighted by molar-refractivity contribution is 0.590. The Balaban J connectivity index is 1.46. The molecule has 0 aliphatic heterocycles. The molecule has 2 aromatic heterocycles. The molecule has 0 fully saturated rings. The van der Waals surface area contributed by atoms with E-state index < -0.39 is 0 Å². The van der Waals surface area contributed by atoms with Gasteiger partial charge >= 0.3 is 0 Å². The van der Waals surface area contributed by atoms with E-state index in [1.807, 2.05) is 18.2 Å². The Morgan fingerprint density at radius 1 is 0.458 bits per heavy atom. The summed E-state index contributed by atoms with van der Waals surface area (Å²) in [7, 11) is 0. The average molecular weight is 621 g/mol. The van der Waals surface area contributed by atoms with Gasteiger partial charge in [-0.05, 0) is 81.3 Å². The Labute approximate surface area is 280 Å². The van der Waals surface area contributed by atoms with Crippen LogP contribution in [0, 0.1) is 22.7 Å². The van der Waals surface area contributed by atoms with Crippen molar-refractivity contribution in [2.45, 2.75) is 52.4 Å². The van der Waals surface area contributed by atoms with Crippen LogP contribution in [0.25, 0.3) is 65.8 Å². The van der Waals surface area contributed by atoms with Gasteiger partial charge in [0.2, 0.25) is 0 Å². The lowest BCUT2D eigenvalue weighted by atomic mass is 9.85. The van der Waals surface area contributed by atoms with Crippen LogP contribution in [-0.4, -0.2) is 9.13 Å². The van der Waals surface area contributed by atoms with Crippen LogP contribution in [0.5, 0.6) is 0 Å². The summed E-state index contributed by atoms with van der Waals surface area (Å²) >= 11 is 0. The minimum atomic E-state index is -0.0225. The molecule has 0 bridgehead atoms. The number of benzene rings is 6. The third-order valence-electron chi connectivity index (χ3n) is 9.90. The van der Waals surface area contributed by atoms with Gasteiger partial charge in [0.25, 0.3) is 0 Å². The molecular weight excluding hydrogens is 585 g/mol. The first-order valence-electron chi connectivity index (χ1n) is 16.5. The van der Waals surface area contributed by atoms with E-state index in [0.717, 1.165) is 54.4 Å². The fourth-order valence-electron chi connectivity index (χ4n) is 7.34. The molecule has 8 rings (SSSR count). The smallest absolute Gasteiger partial charge is 0.101 e. The van der Waals surface area contributed by atoms with Gasteiger partial charge in [0.1, 0.15) is 12.1 Å². The molecule has 4 heteroatoms. The van der Waals surface area contributed by atoms with E-state index in [0.29, 0.717) is 22.5 Å². The Hall–Kier alpha value is -5.84. The minimum absolute atomic E-state index is 0.0225. The standard InChI is InChI=1S/C44H36N4/c1-43(2,3)30-16-19-37-34(23-30)35-24-31(44(4,5)6)17-20-38(35)47(37)40-21-29(26-46)41(22-28(40)25-45)48-36-14-10-9-13-33(36)42-32-12-8-7-11-27(32)15-18-39(42)48/h7-24H,1-6H3. The third kappa shape index (κ3) is 4.34. The minimum Gasteiger partial charge on any atom is -0.308 e. The maximum absolute atomic E-state index is 10.8. The molecule has 8 aromatic rings. The van der Waals surface area contributed by atoms with E-state index in [1.54, 1.807) is 0 Å². The first kappa shape index (κ1) is 29.6. The zero-order valence-electron chi connectivity index (χ0n) is 28.2. The summed E-state index contributed by atoms with van der Waals surface area (Å²) in [6.07, 6.45) is 0. The van der Waals surface area contributed by atoms with Crippen molar-refractivity contribution in [3.63, 3.8) is 0 Å². The van der Waals surface area contributed by atoms with E-state index >= 15 is 0 Å². The highest BCUT2D eigenvalue weighted by molar-refractivity contribution is 6.21. The van der Waals surface area contributed by atoms with E-state index in [9.17, 15) is 10.5 Å². The van der Waals surface area contributed by atoms with Gasteiger partial charge in [-0.15, -0.1) is 0 Å². The normalized spacial score (nSPS) is 12.3. The molecule has 0 unspecified atom stereocenters. The topological polar surface area (TPSA) is 57.4 Å². The second kappa shape index (κ2) is 10.3. The van der Waals surface area contributed by atoms with Crippen LogP contribution in [0.1, 0.15) is 63.8 Å². The number of aromatic nitrogens is 2. The number of nitrogens with zero attached hydrogens (tertiary/aromatic N) is 4. The summed E-state index contributed by atoms with van der Waals surface area (Å²) in [5, 5.41) is 28.4. The lowest BCUT2D eigenvalue weighted by Crippen LogP contribution is -2.10. The SMILES string of the molecule is CC(C)(C)c1ccc2c(c1)c1cc(C(C)(C)C)ccc1n2-c1cc(C#N)c(-n2c3ccccc3c3c4ccccc4ccc32)cc1C#N. The highest BCUT2D eigenvalue weighted by Crippen LogP contribution is 2.41. The summed E-state index contributed by atoms with van der Waals surface area (Å²) in [5.41, 5.74) is 8.91. The highest BCUT2D eigenvalue weighted by atomic mass is 15.0. The van der Waals surface area contributed by atoms with Gasteiger partial charge in [-0.2, -0.15) is 10.5 Å². The zero-order valence-corrected chi connectivity index (χ0v) is 28.2. The predicted octanol–water partition coefficient (Wildman–Crippen LogP) is 11.4. The number of fused-ring (bicyclic) bond motifs is 8. The van der Waals surface area contributed by atoms with Crippen LogP contribution in [-0.2, 0) is 10.8 Å². The largest absolute Gasteiger partial charge is 0.308 e. The van der Waals surface area contributed by atoms with Crippen molar-refractivity contribution in [1.82, 2.24) is 9.13 Å². The highest BCUT2D eigenvalue weighted by Gasteiger charge is 2.24. The van der Waals surface area contributed by atoms with Crippen molar-refractivity contribution in [3.8, 4) is 23.5 Å². The van der Waals surface area contributed by atoms with Crippen molar-refractivity contribution >= 4 is 54.4 Å². The molecule has 0 spiro atoms. The van der Waals surface area contributed by atoms with E-state index in [2.05, 4.69) is 154 Å². The fourth-order valence-corrected chi connectivity index (χ4v) is 7.34. The molecule has 232 valence electrons. The van der Waals surface area contributed by atoms with Gasteiger partial charge in [0.05, 0.1) is 44.6 Å². The number of nitriles is 2. The molecule has 0 N–H and O–H groups in total. The first-order valence-corrected chi connectivity index (χ1v) is 16.5. The van der Waals surface area contributed by atoms with E-state index in [-0.39, 0.29) is 10.8 Å². The predicted molar refractivity (Wildman–Crippen MR) is 199 cm³/mol. The van der Waals surface area contributed by atoms with Crippen LogP contribution < -0.4 is 0 Å². The van der Waals surface area contributed by atoms with E-state index in [1.165, 1.54) is 11.1 Å². The molecule has 4 nitrogen and oxygen atoms in total. The van der Waals surface area contributed by atoms with Crippen molar-refractivity contribution in [2.75, 3.05) is 0 Å². The quantitative estimate of drug-likeness (QED) is 0.193. The Morgan fingerprint density at radius 3 is 1.46 bits per heavy atom. The number of para-hydroxylation sites is 1. The number of hydrogen-bond acceptors (Lipinski definition) is 2. The molecule has 0 aliphatic rings. The van der Waals surface area contributed by atoms with Crippen molar-refractivity contribution < 1.29 is 0 Å². The maximum Gasteiger partial charge on any atom is 0.101 e. The van der Waals surface area contributed by atoms with Gasteiger partial charge in [0.15, 0.2) is 0 Å². The van der Waals surface area contributed by atoms with Gasteiger partial charge < -0.3 is 9.13 Å². The van der Waals surface area contributed by atoms with Crippen LogP contribution in [0.2, 0.25) is 0 Å². The van der Waals surface area contributed by atoms with Crippen molar-refractivity contribution in [2.24, 2.45) is 0 Å².